The highest BCUT2D eigenvalue weighted by molar-refractivity contribution is 5.92. The number of halogens is 1. The molecular formula is C21H28FN3O4. The summed E-state index contributed by atoms with van der Waals surface area (Å²) >= 11 is 0. The third kappa shape index (κ3) is 7.93. The van der Waals surface area contributed by atoms with Crippen molar-refractivity contribution in [3.05, 3.63) is 41.7 Å². The van der Waals surface area contributed by atoms with Crippen molar-refractivity contribution in [3.8, 4) is 0 Å². The van der Waals surface area contributed by atoms with Crippen LogP contribution in [0, 0.1) is 5.82 Å². The molecule has 0 spiro atoms. The van der Waals surface area contributed by atoms with Crippen molar-refractivity contribution < 1.29 is 23.5 Å². The smallest absolute Gasteiger partial charge is 0.408 e. The van der Waals surface area contributed by atoms with Gasteiger partial charge in [0.05, 0.1) is 0 Å². The van der Waals surface area contributed by atoms with Crippen LogP contribution in [0.5, 0.6) is 0 Å². The quantitative estimate of drug-likeness (QED) is 0.737. The molecule has 1 aromatic rings. The van der Waals surface area contributed by atoms with Crippen molar-refractivity contribution in [2.75, 3.05) is 19.6 Å². The fourth-order valence-electron chi connectivity index (χ4n) is 2.87. The van der Waals surface area contributed by atoms with E-state index in [-0.39, 0.29) is 30.2 Å². The lowest BCUT2D eigenvalue weighted by Gasteiger charge is -2.32. The molecule has 0 bridgehead atoms. The van der Waals surface area contributed by atoms with E-state index in [1.54, 1.807) is 43.9 Å². The van der Waals surface area contributed by atoms with Crippen molar-refractivity contribution >= 4 is 24.0 Å². The van der Waals surface area contributed by atoms with E-state index in [4.69, 9.17) is 4.74 Å². The Hall–Kier alpha value is -2.90. The third-order valence-electron chi connectivity index (χ3n) is 4.30. The van der Waals surface area contributed by atoms with Crippen molar-refractivity contribution in [2.24, 2.45) is 0 Å². The van der Waals surface area contributed by atoms with Crippen LogP contribution < -0.4 is 10.6 Å². The average molecular weight is 405 g/mol. The van der Waals surface area contributed by atoms with Crippen LogP contribution in [0.2, 0.25) is 0 Å². The number of amides is 3. The fraction of sp³-hybridized carbons (Fsp3) is 0.476. The summed E-state index contributed by atoms with van der Waals surface area (Å²) in [4.78, 5) is 37.5. The first-order valence-electron chi connectivity index (χ1n) is 9.62. The molecule has 1 aliphatic rings. The molecule has 1 heterocycles. The minimum Gasteiger partial charge on any atom is -0.444 e. The van der Waals surface area contributed by atoms with Gasteiger partial charge in [-0.1, -0.05) is 18.2 Å². The molecule has 2 N–H and O–H groups in total. The number of alkyl carbamates (subject to hydrolysis) is 1. The maximum atomic E-state index is 13.6. The van der Waals surface area contributed by atoms with Gasteiger partial charge in [0.1, 0.15) is 18.0 Å². The molecule has 0 radical (unpaired) electrons. The van der Waals surface area contributed by atoms with Crippen LogP contribution in [-0.4, -0.2) is 54.1 Å². The maximum absolute atomic E-state index is 13.6. The van der Waals surface area contributed by atoms with E-state index in [9.17, 15) is 18.8 Å². The van der Waals surface area contributed by atoms with Crippen LogP contribution >= 0.6 is 0 Å². The highest BCUT2D eigenvalue weighted by atomic mass is 19.1. The summed E-state index contributed by atoms with van der Waals surface area (Å²) < 4.78 is 18.7. The van der Waals surface area contributed by atoms with Crippen LogP contribution in [0.4, 0.5) is 9.18 Å². The number of nitrogens with zero attached hydrogens (tertiary/aromatic N) is 1. The second kappa shape index (κ2) is 10.0. The predicted molar refractivity (Wildman–Crippen MR) is 107 cm³/mol. The zero-order chi connectivity index (χ0) is 21.4. The van der Waals surface area contributed by atoms with E-state index in [0.29, 0.717) is 31.5 Å². The molecule has 1 saturated heterocycles. The second-order valence-electron chi connectivity index (χ2n) is 7.87. The number of carbonyl (C=O) groups excluding carboxylic acids is 3. The van der Waals surface area contributed by atoms with Gasteiger partial charge in [-0.25, -0.2) is 9.18 Å². The third-order valence-corrected chi connectivity index (χ3v) is 4.30. The van der Waals surface area contributed by atoms with Crippen molar-refractivity contribution in [1.82, 2.24) is 15.5 Å². The molecule has 3 amide bonds. The van der Waals surface area contributed by atoms with E-state index in [0.717, 1.165) is 0 Å². The van der Waals surface area contributed by atoms with E-state index in [1.807, 2.05) is 0 Å². The highest BCUT2D eigenvalue weighted by Crippen LogP contribution is 2.12. The largest absolute Gasteiger partial charge is 0.444 e. The maximum Gasteiger partial charge on any atom is 0.408 e. The minimum atomic E-state index is -0.630. The normalized spacial score (nSPS) is 15.2. The van der Waals surface area contributed by atoms with E-state index >= 15 is 0 Å². The Kier molecular flexibility index (Phi) is 7.75. The van der Waals surface area contributed by atoms with Gasteiger partial charge in [0.25, 0.3) is 0 Å². The Labute approximate surface area is 170 Å². The Balaban J connectivity index is 1.71. The molecule has 0 unspecified atom stereocenters. The molecule has 1 fully saturated rings. The Morgan fingerprint density at radius 1 is 1.21 bits per heavy atom. The van der Waals surface area contributed by atoms with Crippen LogP contribution in [-0.2, 0) is 14.3 Å². The van der Waals surface area contributed by atoms with Crippen LogP contribution in [0.15, 0.2) is 30.3 Å². The summed E-state index contributed by atoms with van der Waals surface area (Å²) in [7, 11) is 0. The molecule has 29 heavy (non-hydrogen) atoms. The molecule has 1 aliphatic heterocycles. The Bertz CT molecular complexity index is 765. The van der Waals surface area contributed by atoms with E-state index < -0.39 is 11.7 Å². The summed E-state index contributed by atoms with van der Waals surface area (Å²) in [5, 5.41) is 5.32. The molecule has 1 aromatic carbocycles. The van der Waals surface area contributed by atoms with Gasteiger partial charge < -0.3 is 20.3 Å². The van der Waals surface area contributed by atoms with Crippen LogP contribution in [0.3, 0.4) is 0 Å². The number of rotatable bonds is 5. The molecule has 0 aliphatic carbocycles. The average Bonchev–Trinajstić information content (AvgIpc) is 2.65. The lowest BCUT2D eigenvalue weighted by molar-refractivity contribution is -0.131. The van der Waals surface area contributed by atoms with Gasteiger partial charge in [0.15, 0.2) is 0 Å². The van der Waals surface area contributed by atoms with Crippen LogP contribution in [0.1, 0.15) is 39.2 Å². The molecule has 8 heteroatoms. The molecule has 7 nitrogen and oxygen atoms in total. The number of benzene rings is 1. The summed E-state index contributed by atoms with van der Waals surface area (Å²) in [5.41, 5.74) is -0.273. The van der Waals surface area contributed by atoms with Gasteiger partial charge in [-0.15, -0.1) is 0 Å². The number of nitrogens with one attached hydrogen (secondary N) is 2. The summed E-state index contributed by atoms with van der Waals surface area (Å²) in [6.07, 6.45) is 3.33. The van der Waals surface area contributed by atoms with Gasteiger partial charge in [0, 0.05) is 30.8 Å². The van der Waals surface area contributed by atoms with Gasteiger partial charge in [-0.3, -0.25) is 9.59 Å². The highest BCUT2D eigenvalue weighted by Gasteiger charge is 2.24. The first-order chi connectivity index (χ1) is 13.6. The summed E-state index contributed by atoms with van der Waals surface area (Å²) in [5.74, 6) is -0.881. The molecule has 2 rings (SSSR count). The topological polar surface area (TPSA) is 87.7 Å². The number of ether oxygens (including phenoxy) is 1. The number of piperidine rings is 1. The summed E-state index contributed by atoms with van der Waals surface area (Å²) in [6.45, 7) is 6.09. The SMILES string of the molecule is CC(C)(C)OC(=O)NCC(=O)N1CCC(NC(=O)/C=C/c2ccccc2F)CC1. The molecule has 158 valence electrons. The molecule has 0 aromatic heterocycles. The first-order valence-corrected chi connectivity index (χ1v) is 9.62. The zero-order valence-electron chi connectivity index (χ0n) is 17.0. The standard InChI is InChI=1S/C21H28FN3O4/c1-21(2,3)29-20(28)23-14-19(27)25-12-10-16(11-13-25)24-18(26)9-8-15-6-4-5-7-17(15)22/h4-9,16H,10-14H2,1-3H3,(H,23,28)(H,24,26)/b9-8+. The lowest BCUT2D eigenvalue weighted by atomic mass is 10.0. The Morgan fingerprint density at radius 3 is 2.48 bits per heavy atom. The monoisotopic (exact) mass is 405 g/mol. The minimum absolute atomic E-state index is 0.0596. The molecule has 0 atom stereocenters. The van der Waals surface area contributed by atoms with Gasteiger partial charge in [-0.05, 0) is 45.8 Å². The van der Waals surface area contributed by atoms with Crippen molar-refractivity contribution in [3.63, 3.8) is 0 Å². The summed E-state index contributed by atoms with van der Waals surface area (Å²) in [6, 6.07) is 6.16. The Morgan fingerprint density at radius 2 is 1.86 bits per heavy atom. The fourth-order valence-corrected chi connectivity index (χ4v) is 2.87. The van der Waals surface area contributed by atoms with Gasteiger partial charge in [-0.2, -0.15) is 0 Å². The van der Waals surface area contributed by atoms with E-state index in [1.165, 1.54) is 18.2 Å². The first kappa shape index (κ1) is 22.4. The van der Waals surface area contributed by atoms with Gasteiger partial charge in [0.2, 0.25) is 11.8 Å². The number of hydrogen-bond donors (Lipinski definition) is 2. The molecular weight excluding hydrogens is 377 g/mol. The van der Waals surface area contributed by atoms with Crippen molar-refractivity contribution in [2.45, 2.75) is 45.3 Å². The lowest BCUT2D eigenvalue weighted by Crippen LogP contribution is -2.49. The van der Waals surface area contributed by atoms with Crippen molar-refractivity contribution in [1.29, 1.82) is 0 Å². The second-order valence-corrected chi connectivity index (χ2v) is 7.87. The van der Waals surface area contributed by atoms with Crippen LogP contribution in [0.25, 0.3) is 6.08 Å². The van der Waals surface area contributed by atoms with Gasteiger partial charge >= 0.3 is 6.09 Å². The predicted octanol–water partition coefficient (Wildman–Crippen LogP) is 2.47. The zero-order valence-corrected chi connectivity index (χ0v) is 17.0. The van der Waals surface area contributed by atoms with E-state index in [2.05, 4.69) is 10.6 Å². The number of carbonyl (C=O) groups is 3. The molecule has 0 saturated carbocycles. The number of likely N-dealkylation sites (tertiary alicyclic amines) is 1. The number of hydrogen-bond acceptors (Lipinski definition) is 4.